The van der Waals surface area contributed by atoms with E-state index < -0.39 is 5.91 Å². The second-order valence-corrected chi connectivity index (χ2v) is 9.18. The minimum absolute atomic E-state index is 0. The Balaban J connectivity index is 0.00000240. The Morgan fingerprint density at radius 3 is 2.66 bits per heavy atom. The van der Waals surface area contributed by atoms with Gasteiger partial charge in [0.05, 0.1) is 5.56 Å². The van der Waals surface area contributed by atoms with Gasteiger partial charge in [-0.25, -0.2) is 0 Å². The summed E-state index contributed by atoms with van der Waals surface area (Å²) in [6.07, 6.45) is 2.57. The van der Waals surface area contributed by atoms with Crippen LogP contribution in [-0.4, -0.2) is 42.3 Å². The zero-order valence-electron chi connectivity index (χ0n) is 15.7. The van der Waals surface area contributed by atoms with E-state index in [2.05, 4.69) is 10.2 Å². The molecule has 2 aliphatic rings. The number of carbonyl (C=O) groups is 2. The lowest BCUT2D eigenvalue weighted by Crippen LogP contribution is -2.40. The Labute approximate surface area is 181 Å². The van der Waals surface area contributed by atoms with Crippen LogP contribution in [0.4, 0.5) is 0 Å². The predicted octanol–water partition coefficient (Wildman–Crippen LogP) is 3.21. The van der Waals surface area contributed by atoms with Gasteiger partial charge in [-0.2, -0.15) is 0 Å². The molecule has 2 aromatic rings. The Hall–Kier alpha value is -1.73. The lowest BCUT2D eigenvalue weighted by molar-refractivity contribution is -0.117. The summed E-state index contributed by atoms with van der Waals surface area (Å²) in [5.41, 5.74) is 8.29. The van der Waals surface area contributed by atoms with Crippen LogP contribution < -0.4 is 11.1 Å². The lowest BCUT2D eigenvalue weighted by Gasteiger charge is -2.31. The van der Waals surface area contributed by atoms with Crippen LogP contribution in [0, 0.1) is 0 Å². The first-order valence-electron chi connectivity index (χ1n) is 9.65. The SMILES string of the molecule is C.NC(=O)c1c(CC(=O)Cc2ccc(Cl)cc2)sc2c1CCN(C1CCNC1)C2. The Kier molecular flexibility index (Phi) is 7.11. The minimum Gasteiger partial charge on any atom is -0.366 e. The summed E-state index contributed by atoms with van der Waals surface area (Å²) >= 11 is 7.50. The van der Waals surface area contributed by atoms with Gasteiger partial charge >= 0.3 is 0 Å². The van der Waals surface area contributed by atoms with E-state index in [9.17, 15) is 9.59 Å². The lowest BCUT2D eigenvalue weighted by atomic mass is 9.97. The van der Waals surface area contributed by atoms with Crippen molar-refractivity contribution in [2.75, 3.05) is 19.6 Å². The van der Waals surface area contributed by atoms with E-state index in [1.165, 1.54) is 4.88 Å². The fourth-order valence-corrected chi connectivity index (χ4v) is 5.77. The molecule has 0 radical (unpaired) electrons. The molecule has 5 nitrogen and oxygen atoms in total. The first kappa shape index (κ1) is 22.0. The van der Waals surface area contributed by atoms with Crippen LogP contribution in [0.2, 0.25) is 5.02 Å². The molecule has 0 bridgehead atoms. The molecule has 1 atom stereocenters. The quantitative estimate of drug-likeness (QED) is 0.733. The highest BCUT2D eigenvalue weighted by Gasteiger charge is 2.31. The van der Waals surface area contributed by atoms with E-state index in [1.807, 2.05) is 12.1 Å². The molecule has 3 N–H and O–H groups in total. The number of nitrogens with two attached hydrogens (primary N) is 1. The highest BCUT2D eigenvalue weighted by Crippen LogP contribution is 2.34. The van der Waals surface area contributed by atoms with Crippen molar-refractivity contribution >= 4 is 34.6 Å². The molecular weight excluding hydrogens is 406 g/mol. The maximum Gasteiger partial charge on any atom is 0.250 e. The topological polar surface area (TPSA) is 75.4 Å². The van der Waals surface area contributed by atoms with E-state index in [-0.39, 0.29) is 19.6 Å². The summed E-state index contributed by atoms with van der Waals surface area (Å²) in [7, 11) is 0. The third-order valence-electron chi connectivity index (χ3n) is 5.63. The fraction of sp³-hybridized carbons (Fsp3) is 0.455. The normalized spacial score (nSPS) is 18.9. The van der Waals surface area contributed by atoms with Gasteiger partial charge in [-0.05, 0) is 42.6 Å². The number of nitrogens with one attached hydrogen (secondary N) is 1. The number of amides is 1. The Bertz CT molecular complexity index is 888. The summed E-state index contributed by atoms with van der Waals surface area (Å²) in [5.74, 6) is -0.331. The molecule has 4 rings (SSSR count). The van der Waals surface area contributed by atoms with Crippen molar-refractivity contribution in [1.29, 1.82) is 0 Å². The molecule has 3 heterocycles. The van der Waals surface area contributed by atoms with Crippen LogP contribution in [0.25, 0.3) is 0 Å². The van der Waals surface area contributed by atoms with Gasteiger partial charge in [-0.3, -0.25) is 14.5 Å². The van der Waals surface area contributed by atoms with Crippen molar-refractivity contribution < 1.29 is 9.59 Å². The average Bonchev–Trinajstić information content (AvgIpc) is 3.30. The number of carbonyl (C=O) groups excluding carboxylic acids is 2. The number of hydrogen-bond donors (Lipinski definition) is 2. The molecule has 156 valence electrons. The standard InChI is InChI=1S/C21H24ClN3O2S.CH4/c22-14-3-1-13(2-4-14)9-16(26)10-18-20(21(23)27)17-6-8-25(12-19(17)28-18)15-5-7-24-11-15;/h1-4,15,24H,5-12H2,(H2,23,27);1H4. The van der Waals surface area contributed by atoms with E-state index >= 15 is 0 Å². The number of halogens is 1. The van der Waals surface area contributed by atoms with Gasteiger partial charge in [-0.1, -0.05) is 31.2 Å². The van der Waals surface area contributed by atoms with Gasteiger partial charge in [0.25, 0.3) is 0 Å². The molecule has 1 aromatic heterocycles. The molecule has 0 saturated carbocycles. The van der Waals surface area contributed by atoms with Crippen LogP contribution >= 0.6 is 22.9 Å². The van der Waals surface area contributed by atoms with Gasteiger partial charge in [0, 0.05) is 53.3 Å². The van der Waals surface area contributed by atoms with Crippen LogP contribution in [0.1, 0.15) is 45.1 Å². The third-order valence-corrected chi connectivity index (χ3v) is 7.10. The molecular formula is C22H28ClN3O2S. The van der Waals surface area contributed by atoms with Crippen molar-refractivity contribution in [2.24, 2.45) is 5.73 Å². The molecule has 1 aromatic carbocycles. The molecule has 0 spiro atoms. The number of hydrogen-bond acceptors (Lipinski definition) is 5. The van der Waals surface area contributed by atoms with Gasteiger partial charge in [0.15, 0.2) is 0 Å². The number of Topliss-reactive ketones (excluding diaryl/α,β-unsaturated/α-hetero) is 1. The molecule has 1 amide bonds. The van der Waals surface area contributed by atoms with Gasteiger partial charge < -0.3 is 11.1 Å². The van der Waals surface area contributed by atoms with Crippen molar-refractivity contribution in [3.05, 3.63) is 55.7 Å². The first-order valence-corrected chi connectivity index (χ1v) is 10.8. The van der Waals surface area contributed by atoms with Crippen LogP contribution in [0.15, 0.2) is 24.3 Å². The number of ketones is 1. The van der Waals surface area contributed by atoms with E-state index in [0.717, 1.165) is 55.0 Å². The maximum absolute atomic E-state index is 12.6. The summed E-state index contributed by atoms with van der Waals surface area (Å²) in [6.45, 7) is 3.87. The minimum atomic E-state index is -0.414. The number of fused-ring (bicyclic) bond motifs is 1. The Morgan fingerprint density at radius 1 is 1.24 bits per heavy atom. The summed E-state index contributed by atoms with van der Waals surface area (Å²) < 4.78 is 0. The smallest absolute Gasteiger partial charge is 0.250 e. The monoisotopic (exact) mass is 433 g/mol. The van der Waals surface area contributed by atoms with Gasteiger partial charge in [-0.15, -0.1) is 11.3 Å². The van der Waals surface area contributed by atoms with Crippen molar-refractivity contribution in [3.63, 3.8) is 0 Å². The van der Waals surface area contributed by atoms with Crippen molar-refractivity contribution in [2.45, 2.75) is 45.7 Å². The molecule has 0 aliphatic carbocycles. The van der Waals surface area contributed by atoms with E-state index in [0.29, 0.717) is 23.0 Å². The fourth-order valence-electron chi connectivity index (χ4n) is 4.22. The summed E-state index contributed by atoms with van der Waals surface area (Å²) in [6, 6.07) is 7.86. The number of primary amides is 1. The van der Waals surface area contributed by atoms with E-state index in [4.69, 9.17) is 17.3 Å². The second-order valence-electron chi connectivity index (χ2n) is 7.55. The molecule has 1 saturated heterocycles. The number of thiophene rings is 1. The zero-order chi connectivity index (χ0) is 19.7. The molecule has 1 unspecified atom stereocenters. The van der Waals surface area contributed by atoms with Crippen LogP contribution in [-0.2, 0) is 30.6 Å². The highest BCUT2D eigenvalue weighted by molar-refractivity contribution is 7.12. The van der Waals surface area contributed by atoms with Crippen molar-refractivity contribution in [1.82, 2.24) is 10.2 Å². The van der Waals surface area contributed by atoms with Crippen molar-refractivity contribution in [3.8, 4) is 0 Å². The highest BCUT2D eigenvalue weighted by atomic mass is 35.5. The molecule has 2 aliphatic heterocycles. The van der Waals surface area contributed by atoms with Gasteiger partial charge in [0.1, 0.15) is 5.78 Å². The second kappa shape index (κ2) is 9.39. The summed E-state index contributed by atoms with van der Waals surface area (Å²) in [4.78, 5) is 29.3. The molecule has 1 fully saturated rings. The Morgan fingerprint density at radius 2 is 2.00 bits per heavy atom. The molecule has 29 heavy (non-hydrogen) atoms. The number of rotatable bonds is 6. The van der Waals surface area contributed by atoms with Crippen LogP contribution in [0.3, 0.4) is 0 Å². The number of benzene rings is 1. The average molecular weight is 434 g/mol. The van der Waals surface area contributed by atoms with Gasteiger partial charge in [0.2, 0.25) is 5.91 Å². The number of nitrogens with zero attached hydrogens (tertiary/aromatic N) is 1. The predicted molar refractivity (Wildman–Crippen MR) is 119 cm³/mol. The summed E-state index contributed by atoms with van der Waals surface area (Å²) in [5, 5.41) is 4.07. The maximum atomic E-state index is 12.6. The zero-order valence-corrected chi connectivity index (χ0v) is 17.2. The third kappa shape index (κ3) is 4.89. The van der Waals surface area contributed by atoms with E-state index in [1.54, 1.807) is 23.5 Å². The first-order chi connectivity index (χ1) is 13.5. The van der Waals surface area contributed by atoms with Crippen LogP contribution in [0.5, 0.6) is 0 Å². The molecule has 7 heteroatoms. The largest absolute Gasteiger partial charge is 0.366 e.